The van der Waals surface area contributed by atoms with Crippen molar-refractivity contribution >= 4 is 34.9 Å². The molecule has 1 unspecified atom stereocenters. The lowest BCUT2D eigenvalue weighted by atomic mass is 10.2. The van der Waals surface area contributed by atoms with Crippen molar-refractivity contribution in [3.05, 3.63) is 54.0 Å². The summed E-state index contributed by atoms with van der Waals surface area (Å²) in [6, 6.07) is 12.3. The Hall–Kier alpha value is -3.27. The Balaban J connectivity index is 1.83. The number of hydrogen-bond donors (Lipinski definition) is 3. The molecule has 0 fully saturated rings. The predicted molar refractivity (Wildman–Crippen MR) is 110 cm³/mol. The normalized spacial score (nSPS) is 12.2. The molecule has 1 atom stereocenters. The number of ether oxygens (including phenoxy) is 1. The largest absolute Gasteiger partial charge is 0.492 e. The molecule has 0 saturated heterocycles. The zero-order valence-electron chi connectivity index (χ0n) is 16.0. The third-order valence-corrected chi connectivity index (χ3v) is 4.39. The van der Waals surface area contributed by atoms with Crippen LogP contribution in [0.25, 0.3) is 0 Å². The lowest BCUT2D eigenvalue weighted by Crippen LogP contribution is -2.18. The zero-order chi connectivity index (χ0) is 20.6. The molecule has 0 amide bonds. The molecule has 1 aromatic carbocycles. The van der Waals surface area contributed by atoms with Gasteiger partial charge >= 0.3 is 5.97 Å². The number of aromatic hydroxyl groups is 1. The molecule has 29 heavy (non-hydrogen) atoms. The maximum absolute atomic E-state index is 11.3. The van der Waals surface area contributed by atoms with Gasteiger partial charge in [-0.2, -0.15) is 22.0 Å². The summed E-state index contributed by atoms with van der Waals surface area (Å²) < 4.78 is 11.0. The van der Waals surface area contributed by atoms with E-state index in [0.717, 1.165) is 11.5 Å². The van der Waals surface area contributed by atoms with Gasteiger partial charge in [-0.3, -0.25) is 4.79 Å². The van der Waals surface area contributed by atoms with E-state index in [9.17, 15) is 9.90 Å². The Morgan fingerprint density at radius 2 is 2.10 bits per heavy atom. The van der Waals surface area contributed by atoms with Crippen LogP contribution >= 0.6 is 11.8 Å². The number of nitrogens with one attached hydrogen (secondary N) is 2. The van der Waals surface area contributed by atoms with Crippen LogP contribution in [0.5, 0.6) is 5.88 Å². The topological polar surface area (TPSA) is 125 Å². The third kappa shape index (κ3) is 5.61. The lowest BCUT2D eigenvalue weighted by Gasteiger charge is -2.16. The first-order valence-electron chi connectivity index (χ1n) is 8.78. The molecule has 2 heterocycles. The monoisotopic (exact) mass is 415 g/mol. The van der Waals surface area contributed by atoms with Gasteiger partial charge in [-0.15, -0.1) is 5.11 Å². The number of carbonyl (C=O) groups is 1. The molecule has 0 spiro atoms. The Morgan fingerprint density at radius 1 is 1.31 bits per heavy atom. The van der Waals surface area contributed by atoms with Crippen LogP contribution in [-0.4, -0.2) is 34.1 Å². The maximum atomic E-state index is 11.3. The highest BCUT2D eigenvalue weighted by molar-refractivity contribution is 7.97. The highest BCUT2D eigenvalue weighted by Crippen LogP contribution is 2.35. The molecular formula is C19H21N5O4S. The van der Waals surface area contributed by atoms with E-state index in [1.54, 1.807) is 23.9 Å². The molecule has 0 radical (unpaired) electrons. The zero-order valence-corrected chi connectivity index (χ0v) is 16.8. The number of rotatable bonds is 9. The summed E-state index contributed by atoms with van der Waals surface area (Å²) in [5.41, 5.74) is 0.765. The molecule has 0 aliphatic carbocycles. The van der Waals surface area contributed by atoms with Crippen molar-refractivity contribution in [2.75, 3.05) is 18.2 Å². The number of aromatic amines is 1. The number of azo groups is 1. The van der Waals surface area contributed by atoms with E-state index in [-0.39, 0.29) is 24.0 Å². The van der Waals surface area contributed by atoms with Crippen LogP contribution in [0.2, 0.25) is 0 Å². The van der Waals surface area contributed by atoms with Gasteiger partial charge in [0.15, 0.2) is 11.5 Å². The second-order valence-corrected chi connectivity index (χ2v) is 6.91. The van der Waals surface area contributed by atoms with E-state index in [4.69, 9.17) is 9.15 Å². The molecule has 152 valence electrons. The summed E-state index contributed by atoms with van der Waals surface area (Å²) in [4.78, 5) is 11.3. The van der Waals surface area contributed by atoms with Gasteiger partial charge in [0.05, 0.1) is 11.4 Å². The molecular weight excluding hydrogens is 394 g/mol. The summed E-state index contributed by atoms with van der Waals surface area (Å²) in [5, 5.41) is 27.9. The number of H-pyrrole nitrogens is 1. The Labute approximate surface area is 171 Å². The van der Waals surface area contributed by atoms with Crippen molar-refractivity contribution in [2.24, 2.45) is 10.2 Å². The van der Waals surface area contributed by atoms with E-state index in [1.165, 1.54) is 6.92 Å². The average molecular weight is 415 g/mol. The fourth-order valence-electron chi connectivity index (χ4n) is 2.49. The van der Waals surface area contributed by atoms with Gasteiger partial charge in [-0.25, -0.2) is 5.10 Å². The van der Waals surface area contributed by atoms with Crippen molar-refractivity contribution < 1.29 is 19.1 Å². The molecule has 3 N–H and O–H groups in total. The number of benzene rings is 1. The van der Waals surface area contributed by atoms with E-state index >= 15 is 0 Å². The first kappa shape index (κ1) is 20.5. The van der Waals surface area contributed by atoms with E-state index in [0.29, 0.717) is 11.4 Å². The first-order valence-corrected chi connectivity index (χ1v) is 10.2. The summed E-state index contributed by atoms with van der Waals surface area (Å²) in [5.74, 6) is 1.70. The first-order chi connectivity index (χ1) is 14.1. The van der Waals surface area contributed by atoms with Crippen LogP contribution in [0.4, 0.5) is 17.2 Å². The Kier molecular flexibility index (Phi) is 6.90. The van der Waals surface area contributed by atoms with E-state index < -0.39 is 12.0 Å². The van der Waals surface area contributed by atoms with Crippen molar-refractivity contribution in [3.63, 3.8) is 0 Å². The molecule has 3 aromatic rings. The van der Waals surface area contributed by atoms with Crippen LogP contribution in [-0.2, 0) is 15.3 Å². The number of anilines is 1. The summed E-state index contributed by atoms with van der Waals surface area (Å²) in [6.07, 6.45) is 1.98. The highest BCUT2D eigenvalue weighted by atomic mass is 32.2. The summed E-state index contributed by atoms with van der Waals surface area (Å²) in [6.45, 7) is 1.35. The second-order valence-electron chi connectivity index (χ2n) is 6.04. The molecule has 0 aliphatic rings. The number of carbonyl (C=O) groups excluding carboxylic acids is 1. The molecule has 0 bridgehead atoms. The van der Waals surface area contributed by atoms with Gasteiger partial charge < -0.3 is 19.6 Å². The number of nitrogens with zero attached hydrogens (tertiary/aromatic N) is 3. The second kappa shape index (κ2) is 9.78. The fraction of sp³-hybridized carbons (Fsp3) is 0.263. The van der Waals surface area contributed by atoms with E-state index in [2.05, 4.69) is 25.7 Å². The Morgan fingerprint density at radius 3 is 2.83 bits per heavy atom. The highest BCUT2D eigenvalue weighted by Gasteiger charge is 2.22. The Bertz CT molecular complexity index is 970. The van der Waals surface area contributed by atoms with E-state index in [1.807, 2.05) is 36.6 Å². The molecule has 10 heteroatoms. The number of aromatic nitrogens is 2. The minimum Gasteiger partial charge on any atom is -0.492 e. The standard InChI is InChI=1S/C19H21N5O4S/c1-12(25)27-10-15(16-9-8-14(28-16)11-29-2)20-18-17(19(26)24-23-18)22-21-13-6-4-3-5-7-13/h3-9,15H,10-11H2,1-2H3,(H3,20,23,24,26). The average Bonchev–Trinajstić information content (AvgIpc) is 3.31. The minimum absolute atomic E-state index is 0.0183. The maximum Gasteiger partial charge on any atom is 0.302 e. The minimum atomic E-state index is -0.525. The summed E-state index contributed by atoms with van der Waals surface area (Å²) >= 11 is 1.63. The number of esters is 1. The fourth-order valence-corrected chi connectivity index (χ4v) is 2.93. The molecule has 3 rings (SSSR count). The van der Waals surface area contributed by atoms with Crippen molar-refractivity contribution in [1.29, 1.82) is 0 Å². The van der Waals surface area contributed by atoms with Gasteiger partial charge in [-0.05, 0) is 30.5 Å². The molecule has 0 aliphatic heterocycles. The number of thioether (sulfide) groups is 1. The molecule has 0 saturated carbocycles. The van der Waals surface area contributed by atoms with Crippen molar-refractivity contribution in [3.8, 4) is 5.88 Å². The van der Waals surface area contributed by atoms with Gasteiger partial charge in [-0.1, -0.05) is 18.2 Å². The number of furan rings is 1. The van der Waals surface area contributed by atoms with Crippen LogP contribution in [0.1, 0.15) is 24.5 Å². The van der Waals surface area contributed by atoms with Crippen LogP contribution in [0.3, 0.4) is 0 Å². The van der Waals surface area contributed by atoms with Gasteiger partial charge in [0, 0.05) is 6.92 Å². The third-order valence-electron chi connectivity index (χ3n) is 3.82. The molecule has 9 nitrogen and oxygen atoms in total. The van der Waals surface area contributed by atoms with Crippen LogP contribution in [0, 0.1) is 0 Å². The van der Waals surface area contributed by atoms with Gasteiger partial charge in [0.1, 0.15) is 24.2 Å². The van der Waals surface area contributed by atoms with Crippen LogP contribution < -0.4 is 5.32 Å². The van der Waals surface area contributed by atoms with Gasteiger partial charge in [0.25, 0.3) is 0 Å². The SMILES string of the molecule is CSCc1ccc(C(COC(C)=O)Nc2n[nH]c(O)c2N=Nc2ccccc2)o1. The smallest absolute Gasteiger partial charge is 0.302 e. The molecule has 2 aromatic heterocycles. The predicted octanol–water partition coefficient (Wildman–Crippen LogP) is 4.70. The van der Waals surface area contributed by atoms with Crippen molar-refractivity contribution in [1.82, 2.24) is 10.2 Å². The number of hydrogen-bond acceptors (Lipinski definition) is 9. The lowest BCUT2D eigenvalue weighted by molar-refractivity contribution is -0.141. The van der Waals surface area contributed by atoms with Gasteiger partial charge in [0.2, 0.25) is 5.88 Å². The van der Waals surface area contributed by atoms with Crippen molar-refractivity contribution in [2.45, 2.75) is 18.7 Å². The summed E-state index contributed by atoms with van der Waals surface area (Å²) in [7, 11) is 0. The van der Waals surface area contributed by atoms with Crippen LogP contribution in [0.15, 0.2) is 57.1 Å². The quantitative estimate of drug-likeness (QED) is 0.341.